The van der Waals surface area contributed by atoms with Gasteiger partial charge in [-0.1, -0.05) is 47.5 Å². The maximum Gasteiger partial charge on any atom is 0.267 e. The molecule has 1 unspecified atom stereocenters. The van der Waals surface area contributed by atoms with Crippen molar-refractivity contribution in [3.8, 4) is 11.3 Å². The van der Waals surface area contributed by atoms with E-state index in [0.29, 0.717) is 16.4 Å². The van der Waals surface area contributed by atoms with Crippen molar-refractivity contribution in [3.05, 3.63) is 81.1 Å². The van der Waals surface area contributed by atoms with Crippen molar-refractivity contribution in [1.82, 2.24) is 9.78 Å². The van der Waals surface area contributed by atoms with E-state index in [2.05, 4.69) is 10.4 Å². The second kappa shape index (κ2) is 7.76. The Morgan fingerprint density at radius 1 is 1.07 bits per heavy atom. The number of rotatable bonds is 4. The Bertz CT molecular complexity index is 1040. The normalized spacial score (nSPS) is 11.9. The monoisotopic (exact) mass is 381 g/mol. The third-order valence-corrected chi connectivity index (χ3v) is 4.85. The minimum absolute atomic E-state index is 0.337. The van der Waals surface area contributed by atoms with Gasteiger partial charge in [0.15, 0.2) is 0 Å². The number of hydrogen-bond acceptors (Lipinski definition) is 3. The van der Waals surface area contributed by atoms with Crippen LogP contribution in [0.15, 0.2) is 59.4 Å². The standard InChI is InChI=1S/C21H20ClN3O2/c1-13-7-9-16(10-8-13)19-11-12-20(26)25(24-19)15(3)21(27)23-18-6-4-5-17(22)14(18)2/h4-12,15H,1-3H3,(H,23,27). The number of aryl methyl sites for hydroxylation is 1. The van der Waals surface area contributed by atoms with E-state index in [9.17, 15) is 9.59 Å². The maximum atomic E-state index is 12.7. The fourth-order valence-corrected chi connectivity index (χ4v) is 2.85. The Morgan fingerprint density at radius 2 is 1.78 bits per heavy atom. The predicted molar refractivity (Wildman–Crippen MR) is 108 cm³/mol. The molecule has 6 heteroatoms. The van der Waals surface area contributed by atoms with Crippen molar-refractivity contribution in [2.24, 2.45) is 0 Å². The van der Waals surface area contributed by atoms with Gasteiger partial charge in [0.2, 0.25) is 5.91 Å². The summed E-state index contributed by atoms with van der Waals surface area (Å²) in [5, 5.41) is 7.78. The molecule has 27 heavy (non-hydrogen) atoms. The molecule has 1 heterocycles. The molecule has 3 aromatic rings. The minimum atomic E-state index is -0.777. The molecule has 0 saturated heterocycles. The largest absolute Gasteiger partial charge is 0.324 e. The van der Waals surface area contributed by atoms with Gasteiger partial charge in [0.25, 0.3) is 5.56 Å². The molecule has 5 nitrogen and oxygen atoms in total. The Balaban J connectivity index is 1.89. The first-order valence-electron chi connectivity index (χ1n) is 8.59. The number of halogens is 1. The third kappa shape index (κ3) is 4.09. The van der Waals surface area contributed by atoms with Gasteiger partial charge in [-0.05, 0) is 44.5 Å². The van der Waals surface area contributed by atoms with Gasteiger partial charge in [-0.25, -0.2) is 4.68 Å². The fraction of sp³-hybridized carbons (Fsp3) is 0.190. The molecule has 0 fully saturated rings. The Morgan fingerprint density at radius 3 is 2.48 bits per heavy atom. The van der Waals surface area contributed by atoms with E-state index in [0.717, 1.165) is 16.7 Å². The summed E-state index contributed by atoms with van der Waals surface area (Å²) in [6.07, 6.45) is 0. The lowest BCUT2D eigenvalue weighted by Crippen LogP contribution is -2.33. The average molecular weight is 382 g/mol. The zero-order chi connectivity index (χ0) is 19.6. The first kappa shape index (κ1) is 18.9. The van der Waals surface area contributed by atoms with Gasteiger partial charge in [-0.2, -0.15) is 5.10 Å². The quantitative estimate of drug-likeness (QED) is 0.729. The van der Waals surface area contributed by atoms with Crippen molar-refractivity contribution in [2.45, 2.75) is 26.8 Å². The molecule has 0 aliphatic carbocycles. The predicted octanol–water partition coefficient (Wildman–Crippen LogP) is 4.38. The number of anilines is 1. The number of aromatic nitrogens is 2. The first-order chi connectivity index (χ1) is 12.9. The van der Waals surface area contributed by atoms with Gasteiger partial charge in [-0.15, -0.1) is 0 Å². The fourth-order valence-electron chi connectivity index (χ4n) is 2.67. The van der Waals surface area contributed by atoms with Crippen LogP contribution in [0.4, 0.5) is 5.69 Å². The van der Waals surface area contributed by atoms with E-state index < -0.39 is 6.04 Å². The summed E-state index contributed by atoms with van der Waals surface area (Å²) in [5.74, 6) is -0.337. The lowest BCUT2D eigenvalue weighted by molar-refractivity contribution is -0.119. The van der Waals surface area contributed by atoms with E-state index in [1.54, 1.807) is 31.2 Å². The molecule has 0 aliphatic rings. The highest BCUT2D eigenvalue weighted by Gasteiger charge is 2.19. The first-order valence-corrected chi connectivity index (χ1v) is 8.97. The van der Waals surface area contributed by atoms with Crippen molar-refractivity contribution in [2.75, 3.05) is 5.32 Å². The minimum Gasteiger partial charge on any atom is -0.324 e. The van der Waals surface area contributed by atoms with Gasteiger partial charge in [0.1, 0.15) is 6.04 Å². The molecule has 1 aromatic heterocycles. The molecule has 1 atom stereocenters. The number of nitrogens with zero attached hydrogens (tertiary/aromatic N) is 2. The molecule has 0 spiro atoms. The summed E-state index contributed by atoms with van der Waals surface area (Å²) in [7, 11) is 0. The van der Waals surface area contributed by atoms with Gasteiger partial charge in [0.05, 0.1) is 5.69 Å². The summed E-state index contributed by atoms with van der Waals surface area (Å²) >= 11 is 6.10. The zero-order valence-electron chi connectivity index (χ0n) is 15.4. The van der Waals surface area contributed by atoms with E-state index in [1.807, 2.05) is 38.1 Å². The highest BCUT2D eigenvalue weighted by molar-refractivity contribution is 6.31. The average Bonchev–Trinajstić information content (AvgIpc) is 2.66. The van der Waals surface area contributed by atoms with Crippen LogP contribution in [0.3, 0.4) is 0 Å². The van der Waals surface area contributed by atoms with E-state index in [-0.39, 0.29) is 11.5 Å². The molecule has 1 N–H and O–H groups in total. The zero-order valence-corrected chi connectivity index (χ0v) is 16.1. The molecular formula is C21H20ClN3O2. The summed E-state index contributed by atoms with van der Waals surface area (Å²) in [4.78, 5) is 24.9. The molecule has 0 saturated carbocycles. The number of benzene rings is 2. The number of amides is 1. The van der Waals surface area contributed by atoms with Crippen LogP contribution in [-0.2, 0) is 4.79 Å². The third-order valence-electron chi connectivity index (χ3n) is 4.44. The number of carbonyl (C=O) groups is 1. The van der Waals surface area contributed by atoms with Crippen LogP contribution in [0.1, 0.15) is 24.1 Å². The van der Waals surface area contributed by atoms with Crippen LogP contribution in [0.2, 0.25) is 5.02 Å². The topological polar surface area (TPSA) is 64.0 Å². The number of hydrogen-bond donors (Lipinski definition) is 1. The molecule has 138 valence electrons. The van der Waals surface area contributed by atoms with Gasteiger partial charge in [-0.3, -0.25) is 9.59 Å². The van der Waals surface area contributed by atoms with Crippen LogP contribution in [0.5, 0.6) is 0 Å². The molecule has 0 radical (unpaired) electrons. The molecule has 3 rings (SSSR count). The SMILES string of the molecule is Cc1ccc(-c2ccc(=O)n(C(C)C(=O)Nc3cccc(Cl)c3C)n2)cc1. The Kier molecular flexibility index (Phi) is 5.42. The van der Waals surface area contributed by atoms with Crippen molar-refractivity contribution in [1.29, 1.82) is 0 Å². The maximum absolute atomic E-state index is 12.7. The number of nitrogens with one attached hydrogen (secondary N) is 1. The van der Waals surface area contributed by atoms with Crippen LogP contribution >= 0.6 is 11.6 Å². The van der Waals surface area contributed by atoms with Crippen molar-refractivity contribution < 1.29 is 4.79 Å². The van der Waals surface area contributed by atoms with Crippen LogP contribution in [0.25, 0.3) is 11.3 Å². The smallest absolute Gasteiger partial charge is 0.267 e. The van der Waals surface area contributed by atoms with E-state index in [4.69, 9.17) is 11.6 Å². The molecule has 1 amide bonds. The van der Waals surface area contributed by atoms with Crippen LogP contribution in [0, 0.1) is 13.8 Å². The molecule has 0 aliphatic heterocycles. The van der Waals surface area contributed by atoms with Crippen LogP contribution < -0.4 is 10.9 Å². The Labute approximate surface area is 162 Å². The highest BCUT2D eigenvalue weighted by atomic mass is 35.5. The summed E-state index contributed by atoms with van der Waals surface area (Å²) < 4.78 is 1.20. The Hall–Kier alpha value is -2.92. The van der Waals surface area contributed by atoms with Gasteiger partial charge in [0, 0.05) is 22.3 Å². The van der Waals surface area contributed by atoms with Crippen molar-refractivity contribution in [3.63, 3.8) is 0 Å². The second-order valence-electron chi connectivity index (χ2n) is 6.45. The summed E-state index contributed by atoms with van der Waals surface area (Å²) in [6, 6.07) is 15.4. The second-order valence-corrected chi connectivity index (χ2v) is 6.85. The van der Waals surface area contributed by atoms with E-state index in [1.165, 1.54) is 10.7 Å². The molecule has 2 aromatic carbocycles. The summed E-state index contributed by atoms with van der Waals surface area (Å²) in [6.45, 7) is 5.47. The highest BCUT2D eigenvalue weighted by Crippen LogP contribution is 2.24. The van der Waals surface area contributed by atoms with Crippen molar-refractivity contribution >= 4 is 23.2 Å². The molecular weight excluding hydrogens is 362 g/mol. The van der Waals surface area contributed by atoms with E-state index >= 15 is 0 Å². The van der Waals surface area contributed by atoms with Gasteiger partial charge < -0.3 is 5.32 Å². The lowest BCUT2D eigenvalue weighted by atomic mass is 10.1. The van der Waals surface area contributed by atoms with Crippen LogP contribution in [-0.4, -0.2) is 15.7 Å². The summed E-state index contributed by atoms with van der Waals surface area (Å²) in [5.41, 5.74) is 3.70. The van der Waals surface area contributed by atoms with Gasteiger partial charge >= 0.3 is 0 Å². The molecule has 0 bridgehead atoms. The lowest BCUT2D eigenvalue weighted by Gasteiger charge is -2.16. The number of carbonyl (C=O) groups excluding carboxylic acids is 1.